The molecule has 4 N–H and O–H groups in total. The van der Waals surface area contributed by atoms with Crippen LogP contribution in [0.3, 0.4) is 0 Å². The molecule has 0 aliphatic rings. The van der Waals surface area contributed by atoms with Crippen molar-refractivity contribution in [2.75, 3.05) is 6.61 Å². The number of aliphatic hydroxyl groups is 3. The maximum absolute atomic E-state index is 12.7. The number of hydrogen-bond acceptors (Lipinski definition) is 4. The Labute approximate surface area is 101 Å². The van der Waals surface area contributed by atoms with E-state index in [1.54, 1.807) is 0 Å². The second kappa shape index (κ2) is 5.55. The second-order valence-corrected chi connectivity index (χ2v) is 3.79. The van der Waals surface area contributed by atoms with Crippen LogP contribution in [-0.4, -0.2) is 33.1 Å². The van der Waals surface area contributed by atoms with E-state index >= 15 is 0 Å². The van der Waals surface area contributed by atoms with Gasteiger partial charge in [-0.15, -0.1) is 0 Å². The number of aliphatic hydroxyl groups excluding tert-OH is 3. The highest BCUT2D eigenvalue weighted by Gasteiger charge is 2.36. The van der Waals surface area contributed by atoms with Crippen LogP contribution >= 0.6 is 0 Å². The monoisotopic (exact) mass is 266 g/mol. The zero-order chi connectivity index (χ0) is 13.9. The number of rotatable bonds is 4. The molecule has 2 unspecified atom stereocenters. The summed E-state index contributed by atoms with van der Waals surface area (Å²) in [6, 6.07) is 2.35. The lowest BCUT2D eigenvalue weighted by molar-refractivity contribution is -0.140. The Morgan fingerprint density at radius 2 is 1.78 bits per heavy atom. The molecule has 102 valence electrons. The Morgan fingerprint density at radius 1 is 1.17 bits per heavy atom. The van der Waals surface area contributed by atoms with Crippen LogP contribution < -0.4 is 0 Å². The number of alkyl halides is 3. The van der Waals surface area contributed by atoms with Gasteiger partial charge in [0.25, 0.3) is 0 Å². The van der Waals surface area contributed by atoms with Gasteiger partial charge in [-0.3, -0.25) is 0 Å². The molecule has 0 heterocycles. The first kappa shape index (κ1) is 14.7. The lowest BCUT2D eigenvalue weighted by Crippen LogP contribution is -2.22. The van der Waals surface area contributed by atoms with Crippen LogP contribution in [0.25, 0.3) is 0 Å². The minimum absolute atomic E-state index is 0.251. The largest absolute Gasteiger partial charge is 0.508 e. The van der Waals surface area contributed by atoms with Crippen LogP contribution in [0.5, 0.6) is 5.75 Å². The lowest BCUT2D eigenvalue weighted by atomic mass is 9.96. The number of phenolic OH excluding ortho intramolecular Hbond substituents is 1. The van der Waals surface area contributed by atoms with E-state index in [2.05, 4.69) is 0 Å². The molecule has 0 aliphatic heterocycles. The standard InChI is InChI=1S/C11H13F3O4/c12-11(13,14)8-5-6(16)1-2-7(8)10(18)9(17)3-4-15/h1-2,5,9-10,15-18H,3-4H2. The Balaban J connectivity index is 3.15. The van der Waals surface area contributed by atoms with E-state index in [0.29, 0.717) is 6.07 Å². The van der Waals surface area contributed by atoms with Crippen molar-refractivity contribution in [2.24, 2.45) is 0 Å². The third-order valence-electron chi connectivity index (χ3n) is 2.45. The summed E-state index contributed by atoms with van der Waals surface area (Å²) in [6.45, 7) is -0.461. The predicted molar refractivity (Wildman–Crippen MR) is 55.8 cm³/mol. The van der Waals surface area contributed by atoms with E-state index in [4.69, 9.17) is 10.2 Å². The van der Waals surface area contributed by atoms with Crippen molar-refractivity contribution in [2.45, 2.75) is 24.8 Å². The fourth-order valence-corrected chi connectivity index (χ4v) is 1.55. The quantitative estimate of drug-likeness (QED) is 0.660. The highest BCUT2D eigenvalue weighted by Crippen LogP contribution is 2.37. The first-order chi connectivity index (χ1) is 8.27. The number of phenols is 1. The molecule has 0 spiro atoms. The summed E-state index contributed by atoms with van der Waals surface area (Å²) in [6.07, 6.45) is -8.30. The Hall–Kier alpha value is -1.31. The Morgan fingerprint density at radius 3 is 2.28 bits per heavy atom. The van der Waals surface area contributed by atoms with E-state index in [0.717, 1.165) is 12.1 Å². The summed E-state index contributed by atoms with van der Waals surface area (Å²) in [5, 5.41) is 36.6. The van der Waals surface area contributed by atoms with Crippen molar-refractivity contribution >= 4 is 0 Å². The average Bonchev–Trinajstić information content (AvgIpc) is 2.27. The topological polar surface area (TPSA) is 80.9 Å². The molecule has 0 amide bonds. The Bertz CT molecular complexity index is 406. The summed E-state index contributed by atoms with van der Waals surface area (Å²) in [4.78, 5) is 0. The molecule has 0 saturated heterocycles. The predicted octanol–water partition coefficient (Wildman–Crippen LogP) is 1.19. The van der Waals surface area contributed by atoms with E-state index in [1.165, 1.54) is 0 Å². The highest BCUT2D eigenvalue weighted by molar-refractivity contribution is 5.38. The number of hydrogen-bond donors (Lipinski definition) is 4. The summed E-state index contributed by atoms with van der Waals surface area (Å²) in [5.41, 5.74) is -1.76. The molecule has 1 rings (SSSR count). The van der Waals surface area contributed by atoms with Crippen LogP contribution in [0, 0.1) is 0 Å². The van der Waals surface area contributed by atoms with Crippen LogP contribution in [0.2, 0.25) is 0 Å². The number of benzene rings is 1. The summed E-state index contributed by atoms with van der Waals surface area (Å²) in [5.74, 6) is -0.588. The molecule has 0 radical (unpaired) electrons. The van der Waals surface area contributed by atoms with Gasteiger partial charge < -0.3 is 20.4 Å². The first-order valence-electron chi connectivity index (χ1n) is 5.14. The van der Waals surface area contributed by atoms with Gasteiger partial charge in [0.1, 0.15) is 11.9 Å². The highest BCUT2D eigenvalue weighted by atomic mass is 19.4. The summed E-state index contributed by atoms with van der Waals surface area (Å²) in [7, 11) is 0. The van der Waals surface area contributed by atoms with Crippen molar-refractivity contribution in [1.29, 1.82) is 0 Å². The van der Waals surface area contributed by atoms with Crippen molar-refractivity contribution in [3.63, 3.8) is 0 Å². The third-order valence-corrected chi connectivity index (χ3v) is 2.45. The molecule has 1 aromatic carbocycles. The van der Waals surface area contributed by atoms with Gasteiger partial charge in [0.05, 0.1) is 11.7 Å². The fourth-order valence-electron chi connectivity index (χ4n) is 1.55. The molecule has 1 aromatic rings. The molecule has 2 atom stereocenters. The molecule has 0 bridgehead atoms. The first-order valence-corrected chi connectivity index (χ1v) is 5.14. The minimum atomic E-state index is -4.76. The lowest BCUT2D eigenvalue weighted by Gasteiger charge is -2.21. The summed E-state index contributed by atoms with van der Waals surface area (Å²) >= 11 is 0. The maximum Gasteiger partial charge on any atom is 0.416 e. The van der Waals surface area contributed by atoms with Crippen molar-refractivity contribution in [3.8, 4) is 5.75 Å². The van der Waals surface area contributed by atoms with Crippen LogP contribution in [-0.2, 0) is 6.18 Å². The van der Waals surface area contributed by atoms with Crippen molar-refractivity contribution in [3.05, 3.63) is 29.3 Å². The van der Waals surface area contributed by atoms with Crippen molar-refractivity contribution < 1.29 is 33.6 Å². The van der Waals surface area contributed by atoms with Gasteiger partial charge in [-0.25, -0.2) is 0 Å². The number of halogens is 3. The molecule has 0 saturated carbocycles. The van der Waals surface area contributed by atoms with Gasteiger partial charge in [0.15, 0.2) is 0 Å². The zero-order valence-corrected chi connectivity index (χ0v) is 9.22. The van der Waals surface area contributed by atoms with Gasteiger partial charge in [0.2, 0.25) is 0 Å². The van der Waals surface area contributed by atoms with E-state index in [9.17, 15) is 23.4 Å². The molecular formula is C11H13F3O4. The fraction of sp³-hybridized carbons (Fsp3) is 0.455. The molecular weight excluding hydrogens is 253 g/mol. The van der Waals surface area contributed by atoms with E-state index in [1.807, 2.05) is 0 Å². The smallest absolute Gasteiger partial charge is 0.416 e. The molecule has 18 heavy (non-hydrogen) atoms. The van der Waals surface area contributed by atoms with E-state index < -0.39 is 41.9 Å². The van der Waals surface area contributed by atoms with Crippen LogP contribution in [0.1, 0.15) is 23.7 Å². The third kappa shape index (κ3) is 3.34. The number of aromatic hydroxyl groups is 1. The SMILES string of the molecule is OCCC(O)C(O)c1ccc(O)cc1C(F)(F)F. The molecule has 0 aromatic heterocycles. The average molecular weight is 266 g/mol. The van der Waals surface area contributed by atoms with Gasteiger partial charge in [-0.2, -0.15) is 13.2 Å². The molecule has 4 nitrogen and oxygen atoms in total. The summed E-state index contributed by atoms with van der Waals surface area (Å²) < 4.78 is 38.1. The zero-order valence-electron chi connectivity index (χ0n) is 9.22. The van der Waals surface area contributed by atoms with Gasteiger partial charge in [0, 0.05) is 6.61 Å². The normalized spacial score (nSPS) is 15.4. The van der Waals surface area contributed by atoms with E-state index in [-0.39, 0.29) is 6.42 Å². The maximum atomic E-state index is 12.7. The second-order valence-electron chi connectivity index (χ2n) is 3.79. The Kier molecular flexibility index (Phi) is 4.55. The minimum Gasteiger partial charge on any atom is -0.508 e. The van der Waals surface area contributed by atoms with Crippen molar-refractivity contribution in [1.82, 2.24) is 0 Å². The molecule has 0 fully saturated rings. The van der Waals surface area contributed by atoms with Crippen LogP contribution in [0.15, 0.2) is 18.2 Å². The van der Waals surface area contributed by atoms with Gasteiger partial charge >= 0.3 is 6.18 Å². The van der Waals surface area contributed by atoms with Gasteiger partial charge in [-0.1, -0.05) is 6.07 Å². The van der Waals surface area contributed by atoms with Gasteiger partial charge in [-0.05, 0) is 24.1 Å². The van der Waals surface area contributed by atoms with Crippen LogP contribution in [0.4, 0.5) is 13.2 Å². The molecule has 0 aliphatic carbocycles. The molecule has 7 heteroatoms.